The summed E-state index contributed by atoms with van der Waals surface area (Å²) in [5.74, 6) is 0.551. The Morgan fingerprint density at radius 2 is 1.82 bits per heavy atom. The van der Waals surface area contributed by atoms with Crippen molar-refractivity contribution in [3.63, 3.8) is 0 Å². The van der Waals surface area contributed by atoms with Crippen LogP contribution >= 0.6 is 0 Å². The Labute approximate surface area is 162 Å². The lowest BCUT2D eigenvalue weighted by atomic mass is 10.1. The fourth-order valence-corrected chi connectivity index (χ4v) is 2.35. The van der Waals surface area contributed by atoms with Gasteiger partial charge in [0.25, 0.3) is 0 Å². The maximum atomic E-state index is 12.6. The lowest BCUT2D eigenvalue weighted by Gasteiger charge is -2.30. The number of esters is 1. The molecule has 8 nitrogen and oxygen atoms in total. The molecule has 0 aromatic heterocycles. The third kappa shape index (κ3) is 4.81. The van der Waals surface area contributed by atoms with Gasteiger partial charge in [-0.15, -0.1) is 0 Å². The van der Waals surface area contributed by atoms with Crippen molar-refractivity contribution in [3.8, 4) is 0 Å². The van der Waals surface area contributed by atoms with Crippen molar-refractivity contribution in [1.82, 2.24) is 4.90 Å². The standard InChI is InChI=1S/C20H22N2O6/c1-20(2,3)28-19(25)22-10-15(21)14(11-23)17(16(22)18(24)26-4)27-12-13-8-6-5-7-9-13/h5-10H,12,21H2,1-4H3. The zero-order valence-electron chi connectivity index (χ0n) is 16.1. The molecule has 1 aliphatic rings. The van der Waals surface area contributed by atoms with Crippen molar-refractivity contribution in [2.75, 3.05) is 7.11 Å². The highest BCUT2D eigenvalue weighted by Crippen LogP contribution is 2.30. The van der Waals surface area contributed by atoms with E-state index in [9.17, 15) is 14.4 Å². The van der Waals surface area contributed by atoms with Crippen LogP contribution in [0.4, 0.5) is 4.79 Å². The summed E-state index contributed by atoms with van der Waals surface area (Å²) < 4.78 is 15.8. The van der Waals surface area contributed by atoms with Gasteiger partial charge < -0.3 is 19.9 Å². The van der Waals surface area contributed by atoms with Crippen molar-refractivity contribution < 1.29 is 28.6 Å². The van der Waals surface area contributed by atoms with Crippen molar-refractivity contribution in [2.24, 2.45) is 5.73 Å². The topological polar surface area (TPSA) is 108 Å². The summed E-state index contributed by atoms with van der Waals surface area (Å²) in [4.78, 5) is 37.4. The number of carbonyl (C=O) groups is 2. The van der Waals surface area contributed by atoms with Gasteiger partial charge in [-0.1, -0.05) is 30.3 Å². The number of nitrogens with two attached hydrogens (primary N) is 1. The first kappa shape index (κ1) is 20.8. The Balaban J connectivity index is 2.51. The molecule has 1 amide bonds. The zero-order valence-corrected chi connectivity index (χ0v) is 16.1. The molecule has 0 aliphatic carbocycles. The summed E-state index contributed by atoms with van der Waals surface area (Å²) >= 11 is 0. The molecular formula is C20H22N2O6. The van der Waals surface area contributed by atoms with Gasteiger partial charge in [-0.25, -0.2) is 19.3 Å². The minimum atomic E-state index is -0.898. The third-order valence-corrected chi connectivity index (χ3v) is 3.54. The van der Waals surface area contributed by atoms with E-state index in [0.717, 1.165) is 23.8 Å². The van der Waals surface area contributed by atoms with E-state index in [-0.39, 0.29) is 29.3 Å². The van der Waals surface area contributed by atoms with Crippen LogP contribution in [0.25, 0.3) is 0 Å². The van der Waals surface area contributed by atoms with Gasteiger partial charge in [0.05, 0.1) is 12.8 Å². The maximum Gasteiger partial charge on any atom is 0.419 e. The number of carbonyl (C=O) groups excluding carboxylic acids is 3. The van der Waals surface area contributed by atoms with E-state index in [1.165, 1.54) is 0 Å². The first-order valence-corrected chi connectivity index (χ1v) is 8.42. The number of hydrogen-bond acceptors (Lipinski definition) is 7. The van der Waals surface area contributed by atoms with Crippen LogP contribution in [-0.4, -0.2) is 35.6 Å². The number of methoxy groups -OCH3 is 1. The van der Waals surface area contributed by atoms with Gasteiger partial charge >= 0.3 is 12.1 Å². The number of amides is 1. The molecular weight excluding hydrogens is 364 g/mol. The van der Waals surface area contributed by atoms with Gasteiger partial charge in [0.2, 0.25) is 0 Å². The van der Waals surface area contributed by atoms with Crippen molar-refractivity contribution in [2.45, 2.75) is 33.0 Å². The third-order valence-electron chi connectivity index (χ3n) is 3.54. The monoisotopic (exact) mass is 386 g/mol. The molecule has 1 aliphatic heterocycles. The number of rotatable bonds is 4. The molecule has 0 radical (unpaired) electrons. The van der Waals surface area contributed by atoms with Crippen LogP contribution in [0, 0.1) is 0 Å². The van der Waals surface area contributed by atoms with Crippen LogP contribution in [-0.2, 0) is 30.4 Å². The molecule has 0 bridgehead atoms. The van der Waals surface area contributed by atoms with Crippen LogP contribution < -0.4 is 5.73 Å². The smallest absolute Gasteiger partial charge is 0.419 e. The van der Waals surface area contributed by atoms with Crippen LogP contribution in [0.2, 0.25) is 0 Å². The highest BCUT2D eigenvalue weighted by atomic mass is 16.6. The van der Waals surface area contributed by atoms with Gasteiger partial charge in [0, 0.05) is 6.20 Å². The molecule has 0 unspecified atom stereocenters. The molecule has 1 aromatic carbocycles. The average molecular weight is 386 g/mol. The van der Waals surface area contributed by atoms with Crippen LogP contribution in [0.1, 0.15) is 26.3 Å². The quantitative estimate of drug-likeness (QED) is 0.625. The second-order valence-electron chi connectivity index (χ2n) is 6.86. The summed E-state index contributed by atoms with van der Waals surface area (Å²) in [6, 6.07) is 9.07. The van der Waals surface area contributed by atoms with Gasteiger partial charge in [0.15, 0.2) is 11.5 Å². The number of benzene rings is 1. The second-order valence-corrected chi connectivity index (χ2v) is 6.86. The highest BCUT2D eigenvalue weighted by molar-refractivity contribution is 5.96. The molecule has 0 fully saturated rings. The van der Waals surface area contributed by atoms with Gasteiger partial charge in [0.1, 0.15) is 23.7 Å². The first-order chi connectivity index (χ1) is 13.2. The summed E-state index contributed by atoms with van der Waals surface area (Å²) in [5, 5.41) is 0. The van der Waals surface area contributed by atoms with Gasteiger partial charge in [-0.3, -0.25) is 0 Å². The summed E-state index contributed by atoms with van der Waals surface area (Å²) in [7, 11) is 1.14. The predicted molar refractivity (Wildman–Crippen MR) is 99.8 cm³/mol. The molecule has 8 heteroatoms. The van der Waals surface area contributed by atoms with Gasteiger partial charge in [-0.2, -0.15) is 0 Å². The number of nitrogens with zero attached hydrogens (tertiary/aromatic N) is 1. The van der Waals surface area contributed by atoms with Crippen molar-refractivity contribution >= 4 is 18.0 Å². The Morgan fingerprint density at radius 3 is 2.36 bits per heavy atom. The fourth-order valence-electron chi connectivity index (χ4n) is 2.35. The minimum Gasteiger partial charge on any atom is -0.485 e. The molecule has 2 rings (SSSR count). The van der Waals surface area contributed by atoms with E-state index < -0.39 is 17.7 Å². The molecule has 2 N–H and O–H groups in total. The molecule has 0 spiro atoms. The minimum absolute atomic E-state index is 0.0251. The van der Waals surface area contributed by atoms with E-state index >= 15 is 0 Å². The van der Waals surface area contributed by atoms with E-state index in [4.69, 9.17) is 19.9 Å². The second kappa shape index (κ2) is 8.45. The molecule has 1 aromatic rings. The summed E-state index contributed by atoms with van der Waals surface area (Å²) in [6.07, 6.45) is 0.234. The highest BCUT2D eigenvalue weighted by Gasteiger charge is 2.37. The average Bonchev–Trinajstić information content (AvgIpc) is 2.64. The normalized spacial score (nSPS) is 14.2. The molecule has 28 heavy (non-hydrogen) atoms. The molecule has 148 valence electrons. The van der Waals surface area contributed by atoms with Crippen LogP contribution in [0.15, 0.2) is 59.3 Å². The Hall–Kier alpha value is -3.51. The van der Waals surface area contributed by atoms with E-state index in [0.29, 0.717) is 0 Å². The molecule has 0 saturated heterocycles. The summed E-state index contributed by atoms with van der Waals surface area (Å²) in [6.45, 7) is 5.05. The summed E-state index contributed by atoms with van der Waals surface area (Å²) in [5.41, 5.74) is 5.24. The molecule has 0 atom stereocenters. The van der Waals surface area contributed by atoms with Crippen molar-refractivity contribution in [1.29, 1.82) is 0 Å². The van der Waals surface area contributed by atoms with E-state index in [1.54, 1.807) is 38.8 Å². The lowest BCUT2D eigenvalue weighted by Crippen LogP contribution is -2.39. The van der Waals surface area contributed by atoms with Gasteiger partial charge in [-0.05, 0) is 26.3 Å². The number of hydrogen-bond donors (Lipinski definition) is 1. The SMILES string of the molecule is COC(=O)C1=C(OCc2ccccc2)C(=C=O)C(N)=CN1C(=O)OC(C)(C)C. The fraction of sp³-hybridized carbons (Fsp3) is 0.300. The van der Waals surface area contributed by atoms with E-state index in [2.05, 4.69) is 0 Å². The Kier molecular flexibility index (Phi) is 6.28. The maximum absolute atomic E-state index is 12.6. The predicted octanol–water partition coefficient (Wildman–Crippen LogP) is 2.40. The first-order valence-electron chi connectivity index (χ1n) is 8.42. The number of ether oxygens (including phenoxy) is 3. The van der Waals surface area contributed by atoms with E-state index in [1.807, 2.05) is 18.2 Å². The zero-order chi connectivity index (χ0) is 20.9. The van der Waals surface area contributed by atoms with Crippen molar-refractivity contribution in [3.05, 3.63) is 64.8 Å². The largest absolute Gasteiger partial charge is 0.485 e. The van der Waals surface area contributed by atoms with Crippen LogP contribution in [0.5, 0.6) is 0 Å². The Bertz CT molecular complexity index is 874. The Morgan fingerprint density at radius 1 is 1.18 bits per heavy atom. The molecule has 0 saturated carbocycles. The lowest BCUT2D eigenvalue weighted by molar-refractivity contribution is -0.138. The molecule has 1 heterocycles. The van der Waals surface area contributed by atoms with Crippen LogP contribution in [0.3, 0.4) is 0 Å².